The molecule has 1 saturated heterocycles. The van der Waals surface area contributed by atoms with Crippen LogP contribution in [0.2, 0.25) is 0 Å². The van der Waals surface area contributed by atoms with Crippen LogP contribution in [-0.4, -0.2) is 26.2 Å². The number of benzene rings is 2. The lowest BCUT2D eigenvalue weighted by molar-refractivity contribution is -0.914. The molecular weight excluding hydrogens is 343 g/mol. The van der Waals surface area contributed by atoms with Crippen molar-refractivity contribution in [3.05, 3.63) is 75.4 Å². The first kappa shape index (κ1) is 17.7. The fraction of sp³-hybridized carbons (Fsp3) is 0.318. The van der Waals surface area contributed by atoms with Crippen LogP contribution in [0.4, 0.5) is 10.1 Å². The number of aryl methyl sites for hydroxylation is 2. The predicted octanol–water partition coefficient (Wildman–Crippen LogP) is 2.45. The Balaban J connectivity index is 1.52. The van der Waals surface area contributed by atoms with Crippen LogP contribution in [0.25, 0.3) is 11.0 Å². The highest BCUT2D eigenvalue weighted by atomic mass is 19.1. The summed E-state index contributed by atoms with van der Waals surface area (Å²) in [6.07, 6.45) is 0. The monoisotopic (exact) mass is 367 g/mol. The van der Waals surface area contributed by atoms with E-state index in [0.717, 1.165) is 60.5 Å². The van der Waals surface area contributed by atoms with Gasteiger partial charge in [0, 0.05) is 22.7 Å². The molecule has 140 valence electrons. The average molecular weight is 367 g/mol. The van der Waals surface area contributed by atoms with E-state index in [1.54, 1.807) is 6.07 Å². The van der Waals surface area contributed by atoms with Gasteiger partial charge in [0.05, 0.1) is 26.2 Å². The molecule has 0 radical (unpaired) electrons. The van der Waals surface area contributed by atoms with Gasteiger partial charge in [-0.2, -0.15) is 0 Å². The van der Waals surface area contributed by atoms with Crippen molar-refractivity contribution in [3.8, 4) is 0 Å². The van der Waals surface area contributed by atoms with Crippen LogP contribution in [0.1, 0.15) is 16.7 Å². The topological polar surface area (TPSA) is 37.9 Å². The summed E-state index contributed by atoms with van der Waals surface area (Å²) in [5.74, 6) is -0.205. The molecule has 1 aliphatic rings. The number of quaternary nitrogens is 1. The summed E-state index contributed by atoms with van der Waals surface area (Å²) in [5.41, 5.74) is 4.70. The number of halogens is 1. The molecule has 0 bridgehead atoms. The van der Waals surface area contributed by atoms with E-state index in [0.29, 0.717) is 5.58 Å². The van der Waals surface area contributed by atoms with Gasteiger partial charge >= 0.3 is 5.63 Å². The van der Waals surface area contributed by atoms with Crippen molar-refractivity contribution < 1.29 is 13.7 Å². The van der Waals surface area contributed by atoms with Crippen LogP contribution in [0, 0.1) is 19.7 Å². The van der Waals surface area contributed by atoms with E-state index in [-0.39, 0.29) is 11.4 Å². The highest BCUT2D eigenvalue weighted by Gasteiger charge is 2.22. The zero-order valence-corrected chi connectivity index (χ0v) is 15.7. The number of rotatable bonds is 3. The largest absolute Gasteiger partial charge is 0.422 e. The standard InChI is InChI=1S/C22H23FN2O2/c1-15-3-8-20-17(13-21(26)27-22(20)16(15)2)14-24-9-11-25(12-10-24)19-6-4-18(23)5-7-19/h3-8,13H,9-12,14H2,1-2H3/p+1. The van der Waals surface area contributed by atoms with Gasteiger partial charge in [0.2, 0.25) is 0 Å². The first-order valence-corrected chi connectivity index (χ1v) is 9.38. The van der Waals surface area contributed by atoms with Crippen molar-refractivity contribution in [3.63, 3.8) is 0 Å². The molecule has 4 nitrogen and oxygen atoms in total. The van der Waals surface area contributed by atoms with Crippen LogP contribution in [0.3, 0.4) is 0 Å². The molecule has 0 amide bonds. The Bertz CT molecular complexity index is 1020. The fourth-order valence-corrected chi connectivity index (χ4v) is 3.85. The molecule has 2 heterocycles. The van der Waals surface area contributed by atoms with Gasteiger partial charge in [-0.25, -0.2) is 9.18 Å². The quantitative estimate of drug-likeness (QED) is 0.723. The van der Waals surface area contributed by atoms with E-state index in [1.807, 2.05) is 26.0 Å². The Labute approximate surface area is 157 Å². The van der Waals surface area contributed by atoms with Gasteiger partial charge in [0.1, 0.15) is 17.9 Å². The van der Waals surface area contributed by atoms with Crippen LogP contribution in [-0.2, 0) is 6.54 Å². The predicted molar refractivity (Wildman–Crippen MR) is 105 cm³/mol. The number of hydrogen-bond acceptors (Lipinski definition) is 3. The van der Waals surface area contributed by atoms with Crippen LogP contribution in [0.5, 0.6) is 0 Å². The first-order valence-electron chi connectivity index (χ1n) is 9.38. The van der Waals surface area contributed by atoms with Gasteiger partial charge < -0.3 is 14.2 Å². The molecule has 2 aromatic carbocycles. The number of nitrogens with one attached hydrogen (secondary N) is 1. The van der Waals surface area contributed by atoms with Gasteiger partial charge in [0.25, 0.3) is 0 Å². The SMILES string of the molecule is Cc1ccc2c(C[NH+]3CCN(c4ccc(F)cc4)CC3)cc(=O)oc2c1C. The smallest absolute Gasteiger partial charge is 0.336 e. The van der Waals surface area contributed by atoms with E-state index in [9.17, 15) is 9.18 Å². The fourth-order valence-electron chi connectivity index (χ4n) is 3.85. The van der Waals surface area contributed by atoms with E-state index >= 15 is 0 Å². The summed E-state index contributed by atoms with van der Waals surface area (Å²) in [6, 6.07) is 12.5. The summed E-state index contributed by atoms with van der Waals surface area (Å²) >= 11 is 0. The van der Waals surface area contributed by atoms with E-state index in [2.05, 4.69) is 17.0 Å². The average Bonchev–Trinajstić information content (AvgIpc) is 2.66. The molecule has 1 N–H and O–H groups in total. The number of piperazine rings is 1. The second-order valence-corrected chi connectivity index (χ2v) is 7.37. The minimum absolute atomic E-state index is 0.205. The van der Waals surface area contributed by atoms with Crippen molar-refractivity contribution in [1.29, 1.82) is 0 Å². The van der Waals surface area contributed by atoms with Crippen molar-refractivity contribution >= 4 is 16.7 Å². The van der Waals surface area contributed by atoms with Crippen LogP contribution in [0.15, 0.2) is 51.7 Å². The van der Waals surface area contributed by atoms with Crippen LogP contribution < -0.4 is 15.4 Å². The highest BCUT2D eigenvalue weighted by molar-refractivity contribution is 5.83. The lowest BCUT2D eigenvalue weighted by Crippen LogP contribution is -3.13. The number of hydrogen-bond donors (Lipinski definition) is 1. The minimum Gasteiger partial charge on any atom is -0.422 e. The number of fused-ring (bicyclic) bond motifs is 1. The maximum absolute atomic E-state index is 13.1. The normalized spacial score (nSPS) is 15.4. The number of anilines is 1. The molecule has 0 spiro atoms. The molecule has 5 heteroatoms. The van der Waals surface area contributed by atoms with Crippen molar-refractivity contribution in [2.24, 2.45) is 0 Å². The lowest BCUT2D eigenvalue weighted by atomic mass is 10.0. The van der Waals surface area contributed by atoms with Gasteiger partial charge in [-0.05, 0) is 49.2 Å². The zero-order chi connectivity index (χ0) is 19.0. The Morgan fingerprint density at radius 2 is 1.78 bits per heavy atom. The summed E-state index contributed by atoms with van der Waals surface area (Å²) in [6.45, 7) is 8.62. The second-order valence-electron chi connectivity index (χ2n) is 7.37. The summed E-state index contributed by atoms with van der Waals surface area (Å²) < 4.78 is 18.6. The third-order valence-corrected chi connectivity index (χ3v) is 5.62. The second kappa shape index (κ2) is 7.16. The van der Waals surface area contributed by atoms with Gasteiger partial charge in [-0.15, -0.1) is 0 Å². The van der Waals surface area contributed by atoms with E-state index < -0.39 is 0 Å². The molecule has 0 aliphatic carbocycles. The summed E-state index contributed by atoms with van der Waals surface area (Å²) in [5, 5.41) is 1.03. The first-order chi connectivity index (χ1) is 13.0. The lowest BCUT2D eigenvalue weighted by Gasteiger charge is -2.33. The minimum atomic E-state index is -0.282. The third kappa shape index (κ3) is 3.60. The Morgan fingerprint density at radius 1 is 1.07 bits per heavy atom. The zero-order valence-electron chi connectivity index (χ0n) is 15.7. The number of nitrogens with zero attached hydrogens (tertiary/aromatic N) is 1. The molecule has 27 heavy (non-hydrogen) atoms. The molecule has 1 aromatic heterocycles. The Kier molecular flexibility index (Phi) is 4.70. The Hall–Kier alpha value is -2.66. The summed E-state index contributed by atoms with van der Waals surface area (Å²) in [4.78, 5) is 15.8. The van der Waals surface area contributed by atoms with Gasteiger partial charge in [0.15, 0.2) is 0 Å². The molecule has 1 fully saturated rings. The van der Waals surface area contributed by atoms with E-state index in [1.165, 1.54) is 17.0 Å². The van der Waals surface area contributed by atoms with Crippen LogP contribution >= 0.6 is 0 Å². The van der Waals surface area contributed by atoms with E-state index in [4.69, 9.17) is 4.42 Å². The van der Waals surface area contributed by atoms with Gasteiger partial charge in [-0.1, -0.05) is 12.1 Å². The van der Waals surface area contributed by atoms with Crippen molar-refractivity contribution in [2.45, 2.75) is 20.4 Å². The molecular formula is C22H24FN2O2+. The molecule has 4 rings (SSSR count). The summed E-state index contributed by atoms with van der Waals surface area (Å²) in [7, 11) is 0. The molecule has 0 saturated carbocycles. The molecule has 0 unspecified atom stereocenters. The van der Waals surface area contributed by atoms with Gasteiger partial charge in [-0.3, -0.25) is 0 Å². The molecule has 1 aliphatic heterocycles. The van der Waals surface area contributed by atoms with Crippen molar-refractivity contribution in [2.75, 3.05) is 31.1 Å². The molecule has 3 aromatic rings. The highest BCUT2D eigenvalue weighted by Crippen LogP contribution is 2.23. The third-order valence-electron chi connectivity index (χ3n) is 5.62. The van der Waals surface area contributed by atoms with Crippen molar-refractivity contribution in [1.82, 2.24) is 0 Å². The Morgan fingerprint density at radius 3 is 2.48 bits per heavy atom. The maximum atomic E-state index is 13.1. The molecule has 0 atom stereocenters. The maximum Gasteiger partial charge on any atom is 0.336 e.